The van der Waals surface area contributed by atoms with Gasteiger partial charge < -0.3 is 5.32 Å². The molecule has 0 amide bonds. The molecule has 0 bridgehead atoms. The van der Waals surface area contributed by atoms with Crippen LogP contribution in [0.25, 0.3) is 39.1 Å². The smallest absolute Gasteiger partial charge is 0.151 e. The Kier molecular flexibility index (Phi) is 5.49. The highest BCUT2D eigenvalue weighted by Crippen LogP contribution is 2.44. The third-order valence-electron chi connectivity index (χ3n) is 5.96. The highest BCUT2D eigenvalue weighted by molar-refractivity contribution is 6.30. The van der Waals surface area contributed by atoms with E-state index in [0.717, 1.165) is 50.6 Å². The minimum absolute atomic E-state index is 0.668. The van der Waals surface area contributed by atoms with Gasteiger partial charge in [0.15, 0.2) is 5.65 Å². The first-order valence-corrected chi connectivity index (χ1v) is 11.8. The Hall–Kier alpha value is -4.41. The summed E-state index contributed by atoms with van der Waals surface area (Å²) in [5.41, 5.74) is 6.96. The topological polar surface area (TPSA) is 42.7 Å². The van der Waals surface area contributed by atoms with Gasteiger partial charge in [-0.2, -0.15) is 0 Å². The second-order valence-electron chi connectivity index (χ2n) is 8.18. The molecule has 35 heavy (non-hydrogen) atoms. The number of halogens is 1. The number of nitrogens with one attached hydrogen (secondary N) is 1. The Bertz CT molecular complexity index is 1610. The molecule has 6 aromatic rings. The van der Waals surface area contributed by atoms with Gasteiger partial charge in [0.1, 0.15) is 12.1 Å². The van der Waals surface area contributed by atoms with Gasteiger partial charge in [0.05, 0.1) is 11.1 Å². The third kappa shape index (κ3) is 3.94. The van der Waals surface area contributed by atoms with Crippen molar-refractivity contribution in [2.45, 2.75) is 0 Å². The number of anilines is 2. The van der Waals surface area contributed by atoms with E-state index in [1.807, 2.05) is 60.7 Å². The van der Waals surface area contributed by atoms with Crippen LogP contribution in [0.3, 0.4) is 0 Å². The summed E-state index contributed by atoms with van der Waals surface area (Å²) in [5.74, 6) is 0.748. The average molecular weight is 473 g/mol. The van der Waals surface area contributed by atoms with Crippen molar-refractivity contribution in [3.63, 3.8) is 0 Å². The van der Waals surface area contributed by atoms with E-state index in [1.54, 1.807) is 6.33 Å². The van der Waals surface area contributed by atoms with Crippen LogP contribution in [0.5, 0.6) is 0 Å². The van der Waals surface area contributed by atoms with Gasteiger partial charge in [-0.25, -0.2) is 9.97 Å². The molecule has 2 heterocycles. The van der Waals surface area contributed by atoms with Crippen LogP contribution in [0.1, 0.15) is 0 Å². The van der Waals surface area contributed by atoms with Crippen LogP contribution < -0.4 is 5.32 Å². The number of nitrogens with zero attached hydrogens (tertiary/aromatic N) is 3. The van der Waals surface area contributed by atoms with E-state index in [0.29, 0.717) is 5.02 Å². The Labute approximate surface area is 208 Å². The lowest BCUT2D eigenvalue weighted by molar-refractivity contribution is 1.08. The summed E-state index contributed by atoms with van der Waals surface area (Å²) in [6.45, 7) is 0. The lowest BCUT2D eigenvalue weighted by atomic mass is 9.98. The van der Waals surface area contributed by atoms with Gasteiger partial charge in [0.2, 0.25) is 0 Å². The van der Waals surface area contributed by atoms with Crippen molar-refractivity contribution in [1.29, 1.82) is 0 Å². The summed E-state index contributed by atoms with van der Waals surface area (Å²) < 4.78 is 2.18. The van der Waals surface area contributed by atoms with Crippen LogP contribution in [0.4, 0.5) is 11.5 Å². The summed E-state index contributed by atoms with van der Waals surface area (Å²) in [4.78, 5) is 9.48. The molecular formula is C30H21ClN4. The van der Waals surface area contributed by atoms with Crippen molar-refractivity contribution in [2.24, 2.45) is 0 Å². The number of para-hydroxylation sites is 1. The number of aromatic nitrogens is 3. The predicted octanol–water partition coefficient (Wildman–Crippen LogP) is 8.15. The van der Waals surface area contributed by atoms with E-state index < -0.39 is 0 Å². The van der Waals surface area contributed by atoms with E-state index in [9.17, 15) is 0 Å². The van der Waals surface area contributed by atoms with Crippen molar-refractivity contribution in [3.05, 3.63) is 127 Å². The first-order chi connectivity index (χ1) is 17.3. The second kappa shape index (κ2) is 9.09. The molecule has 0 spiro atoms. The SMILES string of the molecule is Clc1cccc(-n2c(-c3ccccc3)c(-c3ccccc3)c3c(Nc4ccccc4)ncnc32)c1. The largest absolute Gasteiger partial charge is 0.340 e. The van der Waals surface area contributed by atoms with Crippen molar-refractivity contribution in [1.82, 2.24) is 14.5 Å². The fourth-order valence-electron chi connectivity index (χ4n) is 4.49. The summed E-state index contributed by atoms with van der Waals surface area (Å²) >= 11 is 6.45. The Morgan fingerprint density at radius 3 is 2.00 bits per heavy atom. The molecule has 168 valence electrons. The van der Waals surface area contributed by atoms with Gasteiger partial charge in [-0.05, 0) is 41.5 Å². The van der Waals surface area contributed by atoms with E-state index in [1.165, 1.54) is 0 Å². The fraction of sp³-hybridized carbons (Fsp3) is 0. The van der Waals surface area contributed by atoms with E-state index in [-0.39, 0.29) is 0 Å². The van der Waals surface area contributed by atoms with Gasteiger partial charge in [-0.3, -0.25) is 4.57 Å². The van der Waals surface area contributed by atoms with E-state index >= 15 is 0 Å². The summed E-state index contributed by atoms with van der Waals surface area (Å²) in [6.07, 6.45) is 1.61. The van der Waals surface area contributed by atoms with Crippen LogP contribution in [0, 0.1) is 0 Å². The molecule has 0 aliphatic rings. The molecule has 0 aliphatic carbocycles. The maximum atomic E-state index is 6.45. The molecule has 1 N–H and O–H groups in total. The summed E-state index contributed by atoms with van der Waals surface area (Å²) in [7, 11) is 0. The van der Waals surface area contributed by atoms with Crippen LogP contribution >= 0.6 is 11.6 Å². The second-order valence-corrected chi connectivity index (χ2v) is 8.62. The molecule has 0 saturated carbocycles. The average Bonchev–Trinajstić information content (AvgIpc) is 3.27. The van der Waals surface area contributed by atoms with Crippen LogP contribution in [0.15, 0.2) is 122 Å². The number of hydrogen-bond acceptors (Lipinski definition) is 3. The number of hydrogen-bond donors (Lipinski definition) is 1. The van der Waals surface area contributed by atoms with Gasteiger partial charge in [0, 0.05) is 22.0 Å². The van der Waals surface area contributed by atoms with Gasteiger partial charge in [-0.15, -0.1) is 0 Å². The standard InChI is InChI=1S/C30H21ClN4/c31-23-15-10-18-25(19-23)35-28(22-13-6-2-7-14-22)26(21-11-4-1-5-12-21)27-29(32-20-33-30(27)35)34-24-16-8-3-9-17-24/h1-20H,(H,32,33,34). The molecular weight excluding hydrogens is 452 g/mol. The number of benzene rings is 4. The van der Waals surface area contributed by atoms with Gasteiger partial charge >= 0.3 is 0 Å². The molecule has 0 atom stereocenters. The number of rotatable bonds is 5. The van der Waals surface area contributed by atoms with Crippen LogP contribution in [-0.4, -0.2) is 14.5 Å². The van der Waals surface area contributed by atoms with Crippen molar-refractivity contribution in [3.8, 4) is 28.1 Å². The molecule has 0 fully saturated rings. The molecule has 0 unspecified atom stereocenters. The maximum Gasteiger partial charge on any atom is 0.151 e. The Balaban J connectivity index is 1.76. The first-order valence-electron chi connectivity index (χ1n) is 11.4. The predicted molar refractivity (Wildman–Crippen MR) is 144 cm³/mol. The monoisotopic (exact) mass is 472 g/mol. The highest BCUT2D eigenvalue weighted by Gasteiger charge is 2.25. The van der Waals surface area contributed by atoms with Crippen molar-refractivity contribution >= 4 is 34.1 Å². The molecule has 0 radical (unpaired) electrons. The van der Waals surface area contributed by atoms with E-state index in [4.69, 9.17) is 16.6 Å². The first kappa shape index (κ1) is 21.1. The third-order valence-corrected chi connectivity index (χ3v) is 6.20. The normalized spacial score (nSPS) is 11.0. The molecule has 2 aromatic heterocycles. The quantitative estimate of drug-likeness (QED) is 0.275. The molecule has 6 rings (SSSR count). The van der Waals surface area contributed by atoms with Gasteiger partial charge in [0.25, 0.3) is 0 Å². The van der Waals surface area contributed by atoms with E-state index in [2.05, 4.69) is 69.5 Å². The van der Waals surface area contributed by atoms with Crippen LogP contribution in [0.2, 0.25) is 5.02 Å². The molecule has 0 saturated heterocycles. The molecule has 4 aromatic carbocycles. The zero-order valence-corrected chi connectivity index (χ0v) is 19.5. The lowest BCUT2D eigenvalue weighted by Crippen LogP contribution is -2.00. The Morgan fingerprint density at radius 2 is 1.31 bits per heavy atom. The number of fused-ring (bicyclic) bond motifs is 1. The summed E-state index contributed by atoms with van der Waals surface area (Å²) in [6, 6.07) is 38.7. The lowest BCUT2D eigenvalue weighted by Gasteiger charge is -2.13. The minimum Gasteiger partial charge on any atom is -0.340 e. The minimum atomic E-state index is 0.668. The Morgan fingerprint density at radius 1 is 0.657 bits per heavy atom. The van der Waals surface area contributed by atoms with Gasteiger partial charge in [-0.1, -0.05) is 96.5 Å². The molecule has 4 nitrogen and oxygen atoms in total. The summed E-state index contributed by atoms with van der Waals surface area (Å²) in [5, 5.41) is 5.14. The zero-order chi connectivity index (χ0) is 23.6. The fourth-order valence-corrected chi connectivity index (χ4v) is 4.67. The molecule has 5 heteroatoms. The maximum absolute atomic E-state index is 6.45. The zero-order valence-electron chi connectivity index (χ0n) is 18.8. The molecule has 0 aliphatic heterocycles. The van der Waals surface area contributed by atoms with Crippen molar-refractivity contribution < 1.29 is 0 Å². The van der Waals surface area contributed by atoms with Crippen molar-refractivity contribution in [2.75, 3.05) is 5.32 Å². The van der Waals surface area contributed by atoms with Crippen LogP contribution in [-0.2, 0) is 0 Å². The highest BCUT2D eigenvalue weighted by atomic mass is 35.5.